The molecule has 0 saturated carbocycles. The molecule has 18 heavy (non-hydrogen) atoms. The first-order valence-electron chi connectivity index (χ1n) is 4.44. The minimum Gasteiger partial charge on any atom is -0.393 e. The fraction of sp³-hybridized carbons (Fsp3) is 0.750. The predicted molar refractivity (Wildman–Crippen MR) is 44.3 cm³/mol. The minimum atomic E-state index is -5.43. The average Bonchev–Trinajstić information content (AvgIpc) is 2.14. The molecule has 0 heterocycles. The largest absolute Gasteiger partial charge is 0.500 e. The van der Waals surface area contributed by atoms with Crippen molar-refractivity contribution in [2.75, 3.05) is 6.61 Å². The second-order valence-corrected chi connectivity index (χ2v) is 2.89. The van der Waals surface area contributed by atoms with E-state index in [4.69, 9.17) is 0 Å². The second-order valence-electron chi connectivity index (χ2n) is 2.89. The number of carbonyl (C=O) groups is 2. The van der Waals surface area contributed by atoms with Gasteiger partial charge < -0.3 is 9.47 Å². The number of hydrogen-bond donors (Lipinski definition) is 0. The van der Waals surface area contributed by atoms with Crippen LogP contribution in [0.5, 0.6) is 0 Å². The van der Waals surface area contributed by atoms with E-state index in [1.165, 1.54) is 0 Å². The third-order valence-corrected chi connectivity index (χ3v) is 1.46. The van der Waals surface area contributed by atoms with Gasteiger partial charge in [-0.05, 0) is 0 Å². The van der Waals surface area contributed by atoms with Crippen molar-refractivity contribution in [2.24, 2.45) is 0 Å². The topological polar surface area (TPSA) is 61.8 Å². The normalized spacial score (nSPS) is 15.1. The fourth-order valence-corrected chi connectivity index (χ4v) is 0.829. The summed E-state index contributed by atoms with van der Waals surface area (Å²) in [6.07, 6.45) is -9.41. The number of carbonyl (C=O) groups excluding carboxylic acids is 2. The summed E-state index contributed by atoms with van der Waals surface area (Å²) in [7, 11) is 0. The number of halogens is 5. The van der Waals surface area contributed by atoms with E-state index < -0.39 is 44.0 Å². The fourth-order valence-electron chi connectivity index (χ4n) is 0.829. The molecule has 0 radical (unpaired) electrons. The molecule has 106 valence electrons. The molecule has 0 aliphatic carbocycles. The molecule has 0 N–H and O–H groups in total. The van der Waals surface area contributed by atoms with Gasteiger partial charge in [-0.15, -0.1) is 0 Å². The highest BCUT2D eigenvalue weighted by molar-refractivity contribution is 5.66. The summed E-state index contributed by atoms with van der Waals surface area (Å²) in [5.74, 6) is -5.47. The molecule has 0 bridgehead atoms. The first-order valence-corrected chi connectivity index (χ1v) is 4.44. The van der Waals surface area contributed by atoms with Crippen molar-refractivity contribution >= 4 is 12.4 Å². The van der Waals surface area contributed by atoms with Crippen LogP contribution in [0.1, 0.15) is 13.3 Å². The molecule has 0 aliphatic heterocycles. The summed E-state index contributed by atoms with van der Waals surface area (Å²) in [5.41, 5.74) is 0. The van der Waals surface area contributed by atoms with E-state index in [0.717, 1.165) is 0 Å². The highest BCUT2D eigenvalue weighted by Crippen LogP contribution is 2.36. The molecular weight excluding hydrogens is 271 g/mol. The van der Waals surface area contributed by atoms with Gasteiger partial charge in [-0.1, -0.05) is 0 Å². The number of rotatable bonds is 7. The average molecular weight is 280 g/mol. The first-order chi connectivity index (χ1) is 8.14. The van der Waals surface area contributed by atoms with E-state index in [9.17, 15) is 31.5 Å². The lowest BCUT2D eigenvalue weighted by Gasteiger charge is -2.31. The molecule has 0 amide bonds. The Morgan fingerprint density at radius 2 is 1.89 bits per heavy atom. The molecule has 0 aliphatic rings. The molecule has 1 atom stereocenters. The van der Waals surface area contributed by atoms with E-state index in [0.29, 0.717) is 6.92 Å². The Morgan fingerprint density at radius 1 is 1.33 bits per heavy atom. The van der Waals surface area contributed by atoms with Crippen LogP contribution in [0.25, 0.3) is 0 Å². The van der Waals surface area contributed by atoms with Crippen LogP contribution in [-0.4, -0.2) is 37.6 Å². The maximum absolute atomic E-state index is 12.6. The smallest absolute Gasteiger partial charge is 0.393 e. The lowest BCUT2D eigenvalue weighted by molar-refractivity contribution is -0.451. The number of ether oxygens (including phenoxy) is 3. The van der Waals surface area contributed by atoms with Crippen LogP contribution in [0.15, 0.2) is 0 Å². The summed E-state index contributed by atoms with van der Waals surface area (Å²) in [4.78, 5) is 20.5. The number of esters is 1. The van der Waals surface area contributed by atoms with Gasteiger partial charge in [0, 0.05) is 13.3 Å². The van der Waals surface area contributed by atoms with Crippen LogP contribution in [0.2, 0.25) is 0 Å². The monoisotopic (exact) mass is 280 g/mol. The van der Waals surface area contributed by atoms with Crippen LogP contribution < -0.4 is 0 Å². The third-order valence-electron chi connectivity index (χ3n) is 1.46. The molecule has 0 aromatic carbocycles. The van der Waals surface area contributed by atoms with E-state index in [-0.39, 0.29) is 0 Å². The number of alkyl halides is 5. The zero-order valence-corrected chi connectivity index (χ0v) is 9.00. The minimum absolute atomic E-state index is 0.602. The highest BCUT2D eigenvalue weighted by atomic mass is 19.4. The Morgan fingerprint density at radius 3 is 2.22 bits per heavy atom. The van der Waals surface area contributed by atoms with Crippen LogP contribution >= 0.6 is 0 Å². The summed E-state index contributed by atoms with van der Waals surface area (Å²) in [5, 5.41) is 0. The first kappa shape index (κ1) is 16.6. The molecular formula is C8H9F5O5. The highest BCUT2D eigenvalue weighted by Gasteiger charge is 2.64. The summed E-state index contributed by atoms with van der Waals surface area (Å²) >= 11 is 0. The summed E-state index contributed by atoms with van der Waals surface area (Å²) < 4.78 is 72.5. The van der Waals surface area contributed by atoms with Gasteiger partial charge in [0.1, 0.15) is 0 Å². The van der Waals surface area contributed by atoms with E-state index in [1.54, 1.807) is 0 Å². The van der Waals surface area contributed by atoms with Crippen molar-refractivity contribution in [3.05, 3.63) is 0 Å². The molecule has 5 nitrogen and oxygen atoms in total. The van der Waals surface area contributed by atoms with Crippen LogP contribution in [-0.2, 0) is 23.8 Å². The van der Waals surface area contributed by atoms with Gasteiger partial charge in [0.2, 0.25) is 6.43 Å². The molecule has 0 saturated heterocycles. The number of hydrogen-bond acceptors (Lipinski definition) is 5. The maximum atomic E-state index is 12.6. The zero-order chi connectivity index (χ0) is 14.4. The molecule has 10 heteroatoms. The van der Waals surface area contributed by atoms with Crippen LogP contribution in [0.4, 0.5) is 22.0 Å². The van der Waals surface area contributed by atoms with Gasteiger partial charge in [-0.2, -0.15) is 13.2 Å². The van der Waals surface area contributed by atoms with Gasteiger partial charge in [-0.25, -0.2) is 8.78 Å². The molecule has 1 unspecified atom stereocenters. The van der Waals surface area contributed by atoms with Gasteiger partial charge >= 0.3 is 18.1 Å². The van der Waals surface area contributed by atoms with Gasteiger partial charge in [0.15, 0.2) is 0 Å². The van der Waals surface area contributed by atoms with E-state index in [1.807, 2.05) is 0 Å². The summed E-state index contributed by atoms with van der Waals surface area (Å²) in [6, 6.07) is 0. The van der Waals surface area contributed by atoms with Crippen molar-refractivity contribution in [3.63, 3.8) is 0 Å². The Bertz CT molecular complexity index is 292. The summed E-state index contributed by atoms with van der Waals surface area (Å²) in [6.45, 7) is -1.19. The van der Waals surface area contributed by atoms with Gasteiger partial charge in [0.25, 0.3) is 6.47 Å². The maximum Gasteiger partial charge on any atom is 0.500 e. The van der Waals surface area contributed by atoms with Gasteiger partial charge in [0.05, 0.1) is 6.61 Å². The Balaban J connectivity index is 4.95. The van der Waals surface area contributed by atoms with Crippen molar-refractivity contribution in [1.82, 2.24) is 0 Å². The van der Waals surface area contributed by atoms with Crippen molar-refractivity contribution < 1.29 is 45.8 Å². The Hall–Kier alpha value is -1.45. The quantitative estimate of drug-likeness (QED) is 0.307. The van der Waals surface area contributed by atoms with Gasteiger partial charge in [-0.3, -0.25) is 14.3 Å². The molecule has 0 spiro atoms. The van der Waals surface area contributed by atoms with Crippen molar-refractivity contribution in [1.29, 1.82) is 0 Å². The second kappa shape index (κ2) is 6.47. The van der Waals surface area contributed by atoms with E-state index >= 15 is 0 Å². The van der Waals surface area contributed by atoms with Crippen LogP contribution in [0.3, 0.4) is 0 Å². The zero-order valence-electron chi connectivity index (χ0n) is 9.00. The predicted octanol–water partition coefficient (Wildman–Crippen LogP) is 1.61. The van der Waals surface area contributed by atoms with Crippen molar-refractivity contribution in [3.8, 4) is 0 Å². The van der Waals surface area contributed by atoms with Crippen LogP contribution in [0, 0.1) is 0 Å². The standard InChI is InChI=1S/C8H9F5O5/c1-5(15)18-8(17-4-14,7(11,12)13)16-3-2-6(9)10/h4,6H,2-3H2,1H3. The molecule has 0 fully saturated rings. The van der Waals surface area contributed by atoms with Crippen molar-refractivity contribution in [2.45, 2.75) is 31.9 Å². The lowest BCUT2D eigenvalue weighted by Crippen LogP contribution is -2.53. The van der Waals surface area contributed by atoms with E-state index in [2.05, 4.69) is 14.2 Å². The molecule has 0 aromatic rings. The Labute approximate surface area is 97.8 Å². The molecule has 0 aromatic heterocycles. The lowest BCUT2D eigenvalue weighted by atomic mass is 10.4. The SMILES string of the molecule is CC(=O)OC(OC=O)(OCCC(F)F)C(F)(F)F. The third kappa shape index (κ3) is 4.82. The molecule has 0 rings (SSSR count). The Kier molecular flexibility index (Phi) is 5.95.